The lowest BCUT2D eigenvalue weighted by Gasteiger charge is -2.19. The number of amides is 2. The standard InChI is InChI=1S/C21H25N5O3/c1-25-20(12-18(24-25)19-7-4-10-29-19)23-21(27)22-13-15-8-9-26(14-15)16-5-3-6-17(11-16)28-2/h3-7,10-12,15H,8-9,13-14H2,1-2H3,(H2,22,23,27). The van der Waals surface area contributed by atoms with Gasteiger partial charge < -0.3 is 19.4 Å². The number of aryl methyl sites for hydroxylation is 1. The first kappa shape index (κ1) is 18.9. The molecule has 1 unspecified atom stereocenters. The molecule has 2 N–H and O–H groups in total. The third-order valence-electron chi connectivity index (χ3n) is 5.15. The number of nitrogens with one attached hydrogen (secondary N) is 2. The molecule has 2 aromatic heterocycles. The molecule has 0 saturated carbocycles. The summed E-state index contributed by atoms with van der Waals surface area (Å²) in [6, 6.07) is 13.3. The Labute approximate surface area is 169 Å². The van der Waals surface area contributed by atoms with Gasteiger partial charge in [0.15, 0.2) is 5.76 Å². The zero-order valence-electron chi connectivity index (χ0n) is 16.6. The number of methoxy groups -OCH3 is 1. The molecule has 8 nitrogen and oxygen atoms in total. The third-order valence-corrected chi connectivity index (χ3v) is 5.15. The van der Waals surface area contributed by atoms with Gasteiger partial charge in [-0.25, -0.2) is 4.79 Å². The van der Waals surface area contributed by atoms with Crippen LogP contribution in [0.3, 0.4) is 0 Å². The fourth-order valence-corrected chi connectivity index (χ4v) is 3.57. The highest BCUT2D eigenvalue weighted by molar-refractivity contribution is 5.88. The van der Waals surface area contributed by atoms with Gasteiger partial charge >= 0.3 is 6.03 Å². The van der Waals surface area contributed by atoms with Gasteiger partial charge in [-0.3, -0.25) is 10.00 Å². The van der Waals surface area contributed by atoms with Crippen LogP contribution in [0.15, 0.2) is 53.1 Å². The Morgan fingerprint density at radius 3 is 3.00 bits per heavy atom. The molecule has 1 aromatic carbocycles. The van der Waals surface area contributed by atoms with Gasteiger partial charge in [-0.15, -0.1) is 0 Å². The summed E-state index contributed by atoms with van der Waals surface area (Å²) in [5, 5.41) is 10.2. The summed E-state index contributed by atoms with van der Waals surface area (Å²) in [5.41, 5.74) is 1.83. The van der Waals surface area contributed by atoms with Crippen molar-refractivity contribution in [3.05, 3.63) is 48.7 Å². The van der Waals surface area contributed by atoms with Crippen LogP contribution in [0, 0.1) is 5.92 Å². The number of carbonyl (C=O) groups excluding carboxylic acids is 1. The lowest BCUT2D eigenvalue weighted by molar-refractivity contribution is 0.250. The highest BCUT2D eigenvalue weighted by atomic mass is 16.5. The predicted octanol–water partition coefficient (Wildman–Crippen LogP) is 3.34. The highest BCUT2D eigenvalue weighted by Gasteiger charge is 2.23. The van der Waals surface area contributed by atoms with E-state index in [0.717, 1.165) is 30.9 Å². The van der Waals surface area contributed by atoms with Crippen molar-refractivity contribution in [2.24, 2.45) is 13.0 Å². The van der Waals surface area contributed by atoms with Crippen molar-refractivity contribution in [1.29, 1.82) is 0 Å². The Kier molecular flexibility index (Phi) is 5.41. The van der Waals surface area contributed by atoms with Crippen molar-refractivity contribution in [3.8, 4) is 17.2 Å². The van der Waals surface area contributed by atoms with Gasteiger partial charge in [0.25, 0.3) is 0 Å². The van der Waals surface area contributed by atoms with Crippen LogP contribution in [-0.2, 0) is 7.05 Å². The molecule has 0 spiro atoms. The van der Waals surface area contributed by atoms with E-state index in [2.05, 4.69) is 26.7 Å². The highest BCUT2D eigenvalue weighted by Crippen LogP contribution is 2.26. The van der Waals surface area contributed by atoms with Crippen molar-refractivity contribution in [2.75, 3.05) is 37.0 Å². The molecule has 1 aliphatic rings. The van der Waals surface area contributed by atoms with Gasteiger partial charge in [0.2, 0.25) is 0 Å². The normalized spacial score (nSPS) is 16.1. The van der Waals surface area contributed by atoms with E-state index in [1.54, 1.807) is 37.2 Å². The first-order valence-corrected chi connectivity index (χ1v) is 9.64. The van der Waals surface area contributed by atoms with Crippen LogP contribution in [0.1, 0.15) is 6.42 Å². The molecule has 2 amide bonds. The molecular weight excluding hydrogens is 370 g/mol. The van der Waals surface area contributed by atoms with Crippen molar-refractivity contribution in [3.63, 3.8) is 0 Å². The third kappa shape index (κ3) is 4.37. The largest absolute Gasteiger partial charge is 0.497 e. The molecule has 0 aliphatic carbocycles. The Balaban J connectivity index is 1.28. The first-order chi connectivity index (χ1) is 14.1. The van der Waals surface area contributed by atoms with E-state index < -0.39 is 0 Å². The Bertz CT molecular complexity index is 967. The second kappa shape index (κ2) is 8.30. The van der Waals surface area contributed by atoms with E-state index in [9.17, 15) is 4.79 Å². The van der Waals surface area contributed by atoms with E-state index in [-0.39, 0.29) is 6.03 Å². The van der Waals surface area contributed by atoms with Crippen LogP contribution >= 0.6 is 0 Å². The maximum atomic E-state index is 12.3. The monoisotopic (exact) mass is 395 g/mol. The number of urea groups is 1. The number of benzene rings is 1. The fourth-order valence-electron chi connectivity index (χ4n) is 3.57. The van der Waals surface area contributed by atoms with E-state index in [4.69, 9.17) is 9.15 Å². The minimum absolute atomic E-state index is 0.237. The number of hydrogen-bond donors (Lipinski definition) is 2. The fraction of sp³-hybridized carbons (Fsp3) is 0.333. The van der Waals surface area contributed by atoms with Crippen molar-refractivity contribution in [2.45, 2.75) is 6.42 Å². The summed E-state index contributed by atoms with van der Waals surface area (Å²) < 4.78 is 12.3. The molecule has 1 atom stereocenters. The summed E-state index contributed by atoms with van der Waals surface area (Å²) in [6.45, 7) is 2.49. The van der Waals surface area contributed by atoms with Crippen molar-refractivity contribution in [1.82, 2.24) is 15.1 Å². The average molecular weight is 395 g/mol. The van der Waals surface area contributed by atoms with E-state index in [1.165, 1.54) is 0 Å². The number of anilines is 2. The molecule has 1 saturated heterocycles. The van der Waals surface area contributed by atoms with Crippen LogP contribution in [0.2, 0.25) is 0 Å². The molecular formula is C21H25N5O3. The van der Waals surface area contributed by atoms with E-state index >= 15 is 0 Å². The van der Waals surface area contributed by atoms with Crippen LogP contribution in [0.4, 0.5) is 16.3 Å². The number of rotatable bonds is 6. The quantitative estimate of drug-likeness (QED) is 0.669. The molecule has 0 radical (unpaired) electrons. The van der Waals surface area contributed by atoms with E-state index in [1.807, 2.05) is 24.3 Å². The zero-order valence-corrected chi connectivity index (χ0v) is 16.6. The molecule has 8 heteroatoms. The molecule has 1 fully saturated rings. The second-order valence-corrected chi connectivity index (χ2v) is 7.15. The molecule has 4 rings (SSSR count). The summed E-state index contributed by atoms with van der Waals surface area (Å²) in [7, 11) is 3.46. The van der Waals surface area contributed by atoms with Gasteiger partial charge in [-0.1, -0.05) is 6.07 Å². The Morgan fingerprint density at radius 1 is 1.31 bits per heavy atom. The summed E-state index contributed by atoms with van der Waals surface area (Å²) in [4.78, 5) is 14.7. The number of aromatic nitrogens is 2. The summed E-state index contributed by atoms with van der Waals surface area (Å²) in [6.07, 6.45) is 2.63. The zero-order chi connectivity index (χ0) is 20.2. The van der Waals surface area contributed by atoms with Gasteiger partial charge in [-0.2, -0.15) is 5.10 Å². The molecule has 152 valence electrons. The van der Waals surface area contributed by atoms with Crippen molar-refractivity contribution < 1.29 is 13.9 Å². The number of carbonyl (C=O) groups is 1. The SMILES string of the molecule is COc1cccc(N2CCC(CNC(=O)Nc3cc(-c4ccco4)nn3C)C2)c1. The van der Waals surface area contributed by atoms with Crippen LogP contribution in [0.5, 0.6) is 5.75 Å². The van der Waals surface area contributed by atoms with Crippen LogP contribution in [-0.4, -0.2) is 42.6 Å². The number of nitrogens with zero attached hydrogens (tertiary/aromatic N) is 3. The maximum absolute atomic E-state index is 12.3. The maximum Gasteiger partial charge on any atom is 0.320 e. The molecule has 29 heavy (non-hydrogen) atoms. The number of hydrogen-bond acceptors (Lipinski definition) is 5. The van der Waals surface area contributed by atoms with Gasteiger partial charge in [0.1, 0.15) is 17.3 Å². The lowest BCUT2D eigenvalue weighted by Crippen LogP contribution is -2.34. The number of furan rings is 1. The summed E-state index contributed by atoms with van der Waals surface area (Å²) in [5.74, 6) is 2.53. The number of ether oxygens (including phenoxy) is 1. The van der Waals surface area contributed by atoms with Gasteiger partial charge in [-0.05, 0) is 36.6 Å². The minimum Gasteiger partial charge on any atom is -0.497 e. The topological polar surface area (TPSA) is 84.6 Å². The molecule has 3 heterocycles. The van der Waals surface area contributed by atoms with Gasteiger partial charge in [0.05, 0.1) is 13.4 Å². The smallest absolute Gasteiger partial charge is 0.320 e. The van der Waals surface area contributed by atoms with Crippen LogP contribution in [0.25, 0.3) is 11.5 Å². The Hall–Kier alpha value is -3.42. The van der Waals surface area contributed by atoms with E-state index in [0.29, 0.717) is 29.7 Å². The second-order valence-electron chi connectivity index (χ2n) is 7.15. The predicted molar refractivity (Wildman–Crippen MR) is 111 cm³/mol. The minimum atomic E-state index is -0.237. The van der Waals surface area contributed by atoms with Gasteiger partial charge in [0, 0.05) is 44.5 Å². The molecule has 0 bridgehead atoms. The van der Waals surface area contributed by atoms with Crippen molar-refractivity contribution >= 4 is 17.5 Å². The Morgan fingerprint density at radius 2 is 2.21 bits per heavy atom. The molecule has 3 aromatic rings. The molecule has 1 aliphatic heterocycles. The summed E-state index contributed by atoms with van der Waals surface area (Å²) >= 11 is 0. The van der Waals surface area contributed by atoms with Crippen LogP contribution < -0.4 is 20.3 Å². The lowest BCUT2D eigenvalue weighted by atomic mass is 10.1. The average Bonchev–Trinajstić information content (AvgIpc) is 3.48. The first-order valence-electron chi connectivity index (χ1n) is 9.64.